The molecule has 1 aromatic rings. The van der Waals surface area contributed by atoms with Crippen molar-refractivity contribution < 1.29 is 0 Å². The van der Waals surface area contributed by atoms with Crippen molar-refractivity contribution in [3.8, 4) is 6.07 Å². The van der Waals surface area contributed by atoms with E-state index in [1.807, 2.05) is 6.07 Å². The van der Waals surface area contributed by atoms with Crippen LogP contribution in [0.2, 0.25) is 5.02 Å². The van der Waals surface area contributed by atoms with E-state index in [-0.39, 0.29) is 0 Å². The van der Waals surface area contributed by atoms with Gasteiger partial charge in [-0.1, -0.05) is 17.7 Å². The molecule has 3 nitrogen and oxygen atoms in total. The summed E-state index contributed by atoms with van der Waals surface area (Å²) in [6, 6.07) is 6.11. The molecule has 1 rings (SSSR count). The molecule has 1 unspecified atom stereocenters. The summed E-state index contributed by atoms with van der Waals surface area (Å²) in [7, 11) is 0. The Morgan fingerprint density at radius 3 is 2.67 bits per heavy atom. The molecule has 1 atom stereocenters. The predicted molar refractivity (Wildman–Crippen MR) is 48.4 cm³/mol. The van der Waals surface area contributed by atoms with Crippen LogP contribution in [0, 0.1) is 11.3 Å². The lowest BCUT2D eigenvalue weighted by atomic mass is 10.1. The molecule has 0 radical (unpaired) electrons. The molecule has 62 valence electrons. The number of nitriles is 1. The average Bonchev–Trinajstić information content (AvgIpc) is 2.03. The van der Waals surface area contributed by atoms with E-state index in [1.165, 1.54) is 0 Å². The van der Waals surface area contributed by atoms with Crippen LogP contribution in [0.1, 0.15) is 11.6 Å². The highest BCUT2D eigenvalue weighted by molar-refractivity contribution is 6.30. The first-order chi connectivity index (χ1) is 5.65. The van der Waals surface area contributed by atoms with E-state index in [0.29, 0.717) is 16.3 Å². The van der Waals surface area contributed by atoms with Crippen LogP contribution in [0.15, 0.2) is 18.2 Å². The Bertz CT molecular complexity index is 330. The van der Waals surface area contributed by atoms with Crippen LogP contribution in [-0.2, 0) is 0 Å². The van der Waals surface area contributed by atoms with Gasteiger partial charge in [0, 0.05) is 16.3 Å². The van der Waals surface area contributed by atoms with Crippen molar-refractivity contribution in [2.75, 3.05) is 5.73 Å². The number of anilines is 1. The van der Waals surface area contributed by atoms with E-state index in [4.69, 9.17) is 28.3 Å². The van der Waals surface area contributed by atoms with Gasteiger partial charge >= 0.3 is 0 Å². The Kier molecular flexibility index (Phi) is 2.54. The minimum Gasteiger partial charge on any atom is -0.398 e. The number of nitrogens with two attached hydrogens (primary N) is 2. The Balaban J connectivity index is 3.11. The van der Waals surface area contributed by atoms with E-state index < -0.39 is 6.04 Å². The molecule has 0 aliphatic heterocycles. The molecular weight excluding hydrogens is 174 g/mol. The average molecular weight is 182 g/mol. The van der Waals surface area contributed by atoms with Crippen molar-refractivity contribution in [2.45, 2.75) is 6.04 Å². The molecule has 1 aromatic carbocycles. The lowest BCUT2D eigenvalue weighted by Crippen LogP contribution is -2.09. The van der Waals surface area contributed by atoms with Crippen molar-refractivity contribution in [3.05, 3.63) is 28.8 Å². The number of rotatable bonds is 1. The SMILES string of the molecule is N#CC(N)c1ccc(Cl)cc1N. The van der Waals surface area contributed by atoms with E-state index in [9.17, 15) is 0 Å². The Morgan fingerprint density at radius 1 is 1.50 bits per heavy atom. The Hall–Kier alpha value is -1.24. The largest absolute Gasteiger partial charge is 0.398 e. The third-order valence-electron chi connectivity index (χ3n) is 1.52. The van der Waals surface area contributed by atoms with Crippen LogP contribution in [0.25, 0.3) is 0 Å². The molecule has 0 heterocycles. The Labute approximate surface area is 75.5 Å². The van der Waals surface area contributed by atoms with Gasteiger partial charge in [-0.25, -0.2) is 0 Å². The molecule has 0 aromatic heterocycles. The highest BCUT2D eigenvalue weighted by Crippen LogP contribution is 2.21. The molecule has 0 amide bonds. The molecule has 0 aliphatic rings. The van der Waals surface area contributed by atoms with Gasteiger partial charge in [0.05, 0.1) is 6.07 Å². The van der Waals surface area contributed by atoms with Crippen LogP contribution >= 0.6 is 11.6 Å². The molecule has 0 saturated carbocycles. The molecule has 12 heavy (non-hydrogen) atoms. The zero-order valence-corrected chi connectivity index (χ0v) is 7.05. The fourth-order valence-corrected chi connectivity index (χ4v) is 1.08. The van der Waals surface area contributed by atoms with E-state index in [2.05, 4.69) is 0 Å². The summed E-state index contributed by atoms with van der Waals surface area (Å²) < 4.78 is 0. The molecule has 4 heteroatoms. The molecular formula is C8H8ClN3. The van der Waals surface area contributed by atoms with Gasteiger partial charge in [0.25, 0.3) is 0 Å². The van der Waals surface area contributed by atoms with Crippen molar-refractivity contribution in [3.63, 3.8) is 0 Å². The van der Waals surface area contributed by atoms with Crippen LogP contribution in [0.3, 0.4) is 0 Å². The zero-order chi connectivity index (χ0) is 9.14. The second kappa shape index (κ2) is 3.44. The van der Waals surface area contributed by atoms with Crippen molar-refractivity contribution in [2.24, 2.45) is 5.73 Å². The summed E-state index contributed by atoms with van der Waals surface area (Å²) in [5.74, 6) is 0. The second-order valence-electron chi connectivity index (χ2n) is 2.38. The lowest BCUT2D eigenvalue weighted by molar-refractivity contribution is 0.930. The third-order valence-corrected chi connectivity index (χ3v) is 1.76. The van der Waals surface area contributed by atoms with E-state index in [0.717, 1.165) is 0 Å². The highest BCUT2D eigenvalue weighted by Gasteiger charge is 2.07. The Morgan fingerprint density at radius 2 is 2.17 bits per heavy atom. The van der Waals surface area contributed by atoms with Gasteiger partial charge in [-0.15, -0.1) is 0 Å². The lowest BCUT2D eigenvalue weighted by Gasteiger charge is -2.06. The second-order valence-corrected chi connectivity index (χ2v) is 2.82. The maximum Gasteiger partial charge on any atom is 0.120 e. The standard InChI is InChI=1S/C8H8ClN3/c9-5-1-2-6(7(11)3-5)8(12)4-10/h1-3,8H,11-12H2. The molecule has 0 spiro atoms. The normalized spacial score (nSPS) is 12.1. The smallest absolute Gasteiger partial charge is 0.120 e. The van der Waals surface area contributed by atoms with Crippen LogP contribution < -0.4 is 11.5 Å². The molecule has 0 fully saturated rings. The van der Waals surface area contributed by atoms with Gasteiger partial charge in [0.2, 0.25) is 0 Å². The first kappa shape index (κ1) is 8.85. The minimum absolute atomic E-state index is 0.455. The highest BCUT2D eigenvalue weighted by atomic mass is 35.5. The number of hydrogen-bond donors (Lipinski definition) is 2. The zero-order valence-electron chi connectivity index (χ0n) is 6.29. The van der Waals surface area contributed by atoms with Gasteiger partial charge in [-0.3, -0.25) is 0 Å². The first-order valence-corrected chi connectivity index (χ1v) is 3.73. The van der Waals surface area contributed by atoms with Crippen LogP contribution in [-0.4, -0.2) is 0 Å². The summed E-state index contributed by atoms with van der Waals surface area (Å²) in [4.78, 5) is 0. The summed E-state index contributed by atoms with van der Waals surface area (Å²) >= 11 is 5.66. The van der Waals surface area contributed by atoms with Gasteiger partial charge in [0.15, 0.2) is 0 Å². The first-order valence-electron chi connectivity index (χ1n) is 3.35. The predicted octanol–water partition coefficient (Wildman–Crippen LogP) is 1.45. The quantitative estimate of drug-likeness (QED) is 0.644. The van der Waals surface area contributed by atoms with Gasteiger partial charge < -0.3 is 11.5 Å². The van der Waals surface area contributed by atoms with Crippen molar-refractivity contribution >= 4 is 17.3 Å². The summed E-state index contributed by atoms with van der Waals surface area (Å²) in [5, 5.41) is 9.06. The number of benzene rings is 1. The molecule has 0 saturated heterocycles. The van der Waals surface area contributed by atoms with Gasteiger partial charge in [-0.05, 0) is 12.1 Å². The topological polar surface area (TPSA) is 75.8 Å². The molecule has 0 aliphatic carbocycles. The monoisotopic (exact) mass is 181 g/mol. The number of nitrogens with zero attached hydrogens (tertiary/aromatic N) is 1. The van der Waals surface area contributed by atoms with Crippen molar-refractivity contribution in [1.82, 2.24) is 0 Å². The fraction of sp³-hybridized carbons (Fsp3) is 0.125. The number of nitrogen functional groups attached to an aromatic ring is 1. The molecule has 4 N–H and O–H groups in total. The van der Waals surface area contributed by atoms with Crippen molar-refractivity contribution in [1.29, 1.82) is 5.26 Å². The van der Waals surface area contributed by atoms with Crippen LogP contribution in [0.4, 0.5) is 5.69 Å². The minimum atomic E-state index is -0.678. The fourth-order valence-electron chi connectivity index (χ4n) is 0.898. The van der Waals surface area contributed by atoms with Gasteiger partial charge in [-0.2, -0.15) is 5.26 Å². The van der Waals surface area contributed by atoms with Gasteiger partial charge in [0.1, 0.15) is 6.04 Å². The third kappa shape index (κ3) is 1.67. The summed E-state index contributed by atoms with van der Waals surface area (Å²) in [5.41, 5.74) is 12.1. The van der Waals surface area contributed by atoms with Crippen LogP contribution in [0.5, 0.6) is 0 Å². The van der Waals surface area contributed by atoms with E-state index in [1.54, 1.807) is 18.2 Å². The summed E-state index contributed by atoms with van der Waals surface area (Å²) in [6.07, 6.45) is 0. The van der Waals surface area contributed by atoms with E-state index >= 15 is 0 Å². The maximum absolute atomic E-state index is 8.52. The summed E-state index contributed by atoms with van der Waals surface area (Å²) in [6.45, 7) is 0. The molecule has 0 bridgehead atoms. The number of halogens is 1. The number of hydrogen-bond acceptors (Lipinski definition) is 3. The maximum atomic E-state index is 8.52.